The average Bonchev–Trinajstić information content (AvgIpc) is 2.20. The van der Waals surface area contributed by atoms with Crippen molar-refractivity contribution in [3.8, 4) is 0 Å². The predicted molar refractivity (Wildman–Crippen MR) is 56.2 cm³/mol. The summed E-state index contributed by atoms with van der Waals surface area (Å²) in [5, 5.41) is 0. The standard InChI is InChI=1S/C11H22O3/c1-3-8-13-10-6-5-7-11(12)14-9-4-2/h3-10H2,1-2H3. The van der Waals surface area contributed by atoms with Crippen LogP contribution < -0.4 is 0 Å². The van der Waals surface area contributed by atoms with Gasteiger partial charge in [-0.3, -0.25) is 4.79 Å². The van der Waals surface area contributed by atoms with E-state index in [4.69, 9.17) is 9.47 Å². The molecule has 3 nitrogen and oxygen atoms in total. The van der Waals surface area contributed by atoms with Crippen LogP contribution in [-0.2, 0) is 14.3 Å². The van der Waals surface area contributed by atoms with Gasteiger partial charge in [-0.15, -0.1) is 0 Å². The fraction of sp³-hybridized carbons (Fsp3) is 0.909. The highest BCUT2D eigenvalue weighted by Gasteiger charge is 2.00. The van der Waals surface area contributed by atoms with Crippen LogP contribution in [0.2, 0.25) is 0 Å². The summed E-state index contributed by atoms with van der Waals surface area (Å²) in [6.07, 6.45) is 4.28. The van der Waals surface area contributed by atoms with E-state index in [9.17, 15) is 4.79 Å². The van der Waals surface area contributed by atoms with Crippen LogP contribution in [0.4, 0.5) is 0 Å². The third-order valence-corrected chi connectivity index (χ3v) is 1.74. The van der Waals surface area contributed by atoms with Crippen LogP contribution in [0.3, 0.4) is 0 Å². The third kappa shape index (κ3) is 9.52. The molecule has 0 unspecified atom stereocenters. The molecule has 14 heavy (non-hydrogen) atoms. The van der Waals surface area contributed by atoms with Gasteiger partial charge in [-0.05, 0) is 25.7 Å². The molecule has 0 rings (SSSR count). The summed E-state index contributed by atoms with van der Waals surface area (Å²) in [7, 11) is 0. The Morgan fingerprint density at radius 2 is 1.71 bits per heavy atom. The molecule has 0 heterocycles. The highest BCUT2D eigenvalue weighted by Crippen LogP contribution is 1.99. The van der Waals surface area contributed by atoms with Crippen LogP contribution >= 0.6 is 0 Å². The minimum Gasteiger partial charge on any atom is -0.466 e. The molecule has 0 atom stereocenters. The molecule has 0 aliphatic heterocycles. The molecule has 0 bridgehead atoms. The summed E-state index contributed by atoms with van der Waals surface area (Å²) in [6, 6.07) is 0. The van der Waals surface area contributed by atoms with Crippen molar-refractivity contribution >= 4 is 5.97 Å². The topological polar surface area (TPSA) is 35.5 Å². The van der Waals surface area contributed by atoms with Crippen LogP contribution in [0.1, 0.15) is 46.0 Å². The molecule has 0 N–H and O–H groups in total. The molecule has 0 aliphatic carbocycles. The number of carbonyl (C=O) groups is 1. The van der Waals surface area contributed by atoms with Gasteiger partial charge in [0.2, 0.25) is 0 Å². The van der Waals surface area contributed by atoms with Crippen molar-refractivity contribution in [3.05, 3.63) is 0 Å². The zero-order valence-corrected chi connectivity index (χ0v) is 9.38. The lowest BCUT2D eigenvalue weighted by Crippen LogP contribution is -2.05. The molecule has 84 valence electrons. The summed E-state index contributed by atoms with van der Waals surface area (Å²) in [5.41, 5.74) is 0. The minimum absolute atomic E-state index is 0.0812. The summed E-state index contributed by atoms with van der Waals surface area (Å²) >= 11 is 0. The lowest BCUT2D eigenvalue weighted by atomic mass is 10.2. The number of rotatable bonds is 9. The Bertz CT molecular complexity index is 134. The van der Waals surface area contributed by atoms with Crippen LogP contribution in [0.15, 0.2) is 0 Å². The zero-order chi connectivity index (χ0) is 10.6. The fourth-order valence-corrected chi connectivity index (χ4v) is 1.01. The molecular weight excluding hydrogens is 180 g/mol. The third-order valence-electron chi connectivity index (χ3n) is 1.74. The van der Waals surface area contributed by atoms with Crippen molar-refractivity contribution in [3.63, 3.8) is 0 Å². The Balaban J connectivity index is 3.07. The largest absolute Gasteiger partial charge is 0.466 e. The van der Waals surface area contributed by atoms with Gasteiger partial charge in [0.1, 0.15) is 0 Å². The normalized spacial score (nSPS) is 10.1. The van der Waals surface area contributed by atoms with E-state index in [0.717, 1.165) is 38.9 Å². The Kier molecular flexibility index (Phi) is 10.1. The maximum absolute atomic E-state index is 11.0. The second kappa shape index (κ2) is 10.5. The van der Waals surface area contributed by atoms with E-state index in [1.807, 2.05) is 6.92 Å². The molecule has 0 fully saturated rings. The smallest absolute Gasteiger partial charge is 0.305 e. The molecular formula is C11H22O3. The molecule has 0 aliphatic rings. The summed E-state index contributed by atoms with van der Waals surface area (Å²) in [6.45, 7) is 6.20. The zero-order valence-electron chi connectivity index (χ0n) is 9.38. The van der Waals surface area contributed by atoms with E-state index in [1.165, 1.54) is 0 Å². The first kappa shape index (κ1) is 13.4. The van der Waals surface area contributed by atoms with E-state index < -0.39 is 0 Å². The van der Waals surface area contributed by atoms with Crippen LogP contribution in [-0.4, -0.2) is 25.8 Å². The van der Waals surface area contributed by atoms with Crippen LogP contribution in [0.25, 0.3) is 0 Å². The monoisotopic (exact) mass is 202 g/mol. The first-order chi connectivity index (χ1) is 6.81. The van der Waals surface area contributed by atoms with Crippen molar-refractivity contribution in [1.29, 1.82) is 0 Å². The fourth-order valence-electron chi connectivity index (χ4n) is 1.01. The maximum Gasteiger partial charge on any atom is 0.305 e. The Morgan fingerprint density at radius 3 is 2.36 bits per heavy atom. The number of esters is 1. The number of carbonyl (C=O) groups excluding carboxylic acids is 1. The maximum atomic E-state index is 11.0. The van der Waals surface area contributed by atoms with E-state index in [-0.39, 0.29) is 5.97 Å². The molecule has 3 heteroatoms. The first-order valence-corrected chi connectivity index (χ1v) is 5.54. The summed E-state index contributed by atoms with van der Waals surface area (Å²) in [5.74, 6) is -0.0812. The lowest BCUT2D eigenvalue weighted by Gasteiger charge is -2.03. The van der Waals surface area contributed by atoms with E-state index in [1.54, 1.807) is 0 Å². The summed E-state index contributed by atoms with van der Waals surface area (Å²) < 4.78 is 10.2. The van der Waals surface area contributed by atoms with Gasteiger partial charge in [-0.2, -0.15) is 0 Å². The number of hydrogen-bond acceptors (Lipinski definition) is 3. The number of hydrogen-bond donors (Lipinski definition) is 0. The first-order valence-electron chi connectivity index (χ1n) is 5.54. The van der Waals surface area contributed by atoms with Crippen LogP contribution in [0.5, 0.6) is 0 Å². The van der Waals surface area contributed by atoms with Crippen molar-refractivity contribution < 1.29 is 14.3 Å². The molecule has 0 spiro atoms. The second-order valence-electron chi connectivity index (χ2n) is 3.29. The Morgan fingerprint density at radius 1 is 1.00 bits per heavy atom. The van der Waals surface area contributed by atoms with Crippen molar-refractivity contribution in [1.82, 2.24) is 0 Å². The van der Waals surface area contributed by atoms with Crippen molar-refractivity contribution in [2.75, 3.05) is 19.8 Å². The Labute approximate surface area is 86.8 Å². The van der Waals surface area contributed by atoms with Crippen LogP contribution in [0, 0.1) is 0 Å². The lowest BCUT2D eigenvalue weighted by molar-refractivity contribution is -0.143. The average molecular weight is 202 g/mol. The molecule has 0 saturated heterocycles. The quantitative estimate of drug-likeness (QED) is 0.426. The molecule has 0 saturated carbocycles. The van der Waals surface area contributed by atoms with E-state index in [2.05, 4.69) is 6.92 Å². The molecule has 0 aromatic rings. The minimum atomic E-state index is -0.0812. The SMILES string of the molecule is CCCOCCCCC(=O)OCCC. The number of ether oxygens (including phenoxy) is 2. The highest BCUT2D eigenvalue weighted by atomic mass is 16.5. The predicted octanol–water partition coefficient (Wildman–Crippen LogP) is 2.54. The Hall–Kier alpha value is -0.570. The van der Waals surface area contributed by atoms with Gasteiger partial charge >= 0.3 is 5.97 Å². The van der Waals surface area contributed by atoms with E-state index in [0.29, 0.717) is 13.0 Å². The molecule has 0 radical (unpaired) electrons. The summed E-state index contributed by atoms with van der Waals surface area (Å²) in [4.78, 5) is 11.0. The van der Waals surface area contributed by atoms with Gasteiger partial charge < -0.3 is 9.47 Å². The molecule has 0 amide bonds. The molecule has 0 aromatic heterocycles. The van der Waals surface area contributed by atoms with Gasteiger partial charge in [0, 0.05) is 19.6 Å². The van der Waals surface area contributed by atoms with E-state index >= 15 is 0 Å². The van der Waals surface area contributed by atoms with Gasteiger partial charge in [0.25, 0.3) is 0 Å². The highest BCUT2D eigenvalue weighted by molar-refractivity contribution is 5.69. The van der Waals surface area contributed by atoms with Gasteiger partial charge in [-0.1, -0.05) is 13.8 Å². The van der Waals surface area contributed by atoms with Gasteiger partial charge in [-0.25, -0.2) is 0 Å². The van der Waals surface area contributed by atoms with Gasteiger partial charge in [0.15, 0.2) is 0 Å². The van der Waals surface area contributed by atoms with Crippen molar-refractivity contribution in [2.24, 2.45) is 0 Å². The number of unbranched alkanes of at least 4 members (excludes halogenated alkanes) is 1. The van der Waals surface area contributed by atoms with Gasteiger partial charge in [0.05, 0.1) is 6.61 Å². The molecule has 0 aromatic carbocycles. The second-order valence-corrected chi connectivity index (χ2v) is 3.29. The van der Waals surface area contributed by atoms with Crippen molar-refractivity contribution in [2.45, 2.75) is 46.0 Å².